The number of thiophene rings is 1. The van der Waals surface area contributed by atoms with Gasteiger partial charge in [-0.2, -0.15) is 0 Å². The van der Waals surface area contributed by atoms with E-state index in [-0.39, 0.29) is 0 Å². The second-order valence-electron chi connectivity index (χ2n) is 4.46. The molecule has 0 atom stereocenters. The Kier molecular flexibility index (Phi) is 4.36. The lowest BCUT2D eigenvalue weighted by Gasteiger charge is -2.14. The number of hydrogen-bond donors (Lipinski definition) is 0. The molecule has 1 aromatic heterocycles. The Morgan fingerprint density at radius 2 is 1.50 bits per heavy atom. The Hall–Kier alpha value is -2.79. The molecule has 0 saturated heterocycles. The van der Waals surface area contributed by atoms with Crippen LogP contribution in [0.25, 0.3) is 0 Å². The summed E-state index contributed by atoms with van der Waals surface area (Å²) in [6, 6.07) is 22.8. The maximum absolute atomic E-state index is 11.4. The van der Waals surface area contributed by atoms with Crippen molar-refractivity contribution in [1.82, 2.24) is 0 Å². The molecule has 0 aliphatic carbocycles. The van der Waals surface area contributed by atoms with Crippen molar-refractivity contribution in [3.63, 3.8) is 0 Å². The number of rotatable bonds is 5. The molecule has 108 valence electrons. The first-order valence-electron chi connectivity index (χ1n) is 6.73. The highest BCUT2D eigenvalue weighted by Gasteiger charge is 2.10. The number of anilines is 2. The zero-order valence-electron chi connectivity index (χ0n) is 11.7. The Labute approximate surface area is 132 Å². The summed E-state index contributed by atoms with van der Waals surface area (Å²) in [4.78, 5) is 13.0. The van der Waals surface area contributed by atoms with Gasteiger partial charge in [-0.15, -0.1) is 10.2 Å². The fraction of sp³-hybridized carbons (Fsp3) is 0. The minimum Gasteiger partial charge on any atom is -0.278 e. The first-order valence-corrected chi connectivity index (χ1v) is 7.55. The molecule has 0 bridgehead atoms. The molecule has 0 unspecified atom stereocenters. The molecular formula is C17H13N3OS. The fourth-order valence-corrected chi connectivity index (χ4v) is 2.75. The average Bonchev–Trinajstić information content (AvgIpc) is 3.04. The highest BCUT2D eigenvalue weighted by atomic mass is 32.1. The van der Waals surface area contributed by atoms with E-state index in [0.29, 0.717) is 0 Å². The highest BCUT2D eigenvalue weighted by Crippen LogP contribution is 2.35. The molecule has 22 heavy (non-hydrogen) atoms. The van der Waals surface area contributed by atoms with Crippen LogP contribution in [0.1, 0.15) is 0 Å². The summed E-state index contributed by atoms with van der Waals surface area (Å²) in [5, 5.41) is 9.94. The Balaban J connectivity index is 1.81. The molecule has 5 heteroatoms. The van der Waals surface area contributed by atoms with Crippen LogP contribution >= 0.6 is 11.3 Å². The molecule has 1 amide bonds. The lowest BCUT2D eigenvalue weighted by atomic mass is 10.3. The number of para-hydroxylation sites is 1. The minimum atomic E-state index is 0.752. The molecule has 3 rings (SSSR count). The molecule has 0 N–H and O–H groups in total. The van der Waals surface area contributed by atoms with Gasteiger partial charge in [-0.25, -0.2) is 0 Å². The van der Waals surface area contributed by atoms with Crippen molar-refractivity contribution < 1.29 is 4.79 Å². The summed E-state index contributed by atoms with van der Waals surface area (Å²) < 4.78 is 0. The molecule has 0 aliphatic heterocycles. The van der Waals surface area contributed by atoms with E-state index in [1.165, 1.54) is 11.3 Å². The predicted molar refractivity (Wildman–Crippen MR) is 89.6 cm³/mol. The summed E-state index contributed by atoms with van der Waals surface area (Å²) in [5.74, 6) is 0. The van der Waals surface area contributed by atoms with Gasteiger partial charge in [0.05, 0.1) is 5.69 Å². The van der Waals surface area contributed by atoms with E-state index in [9.17, 15) is 4.79 Å². The van der Waals surface area contributed by atoms with Gasteiger partial charge < -0.3 is 0 Å². The third kappa shape index (κ3) is 3.27. The van der Waals surface area contributed by atoms with Gasteiger partial charge in [0.15, 0.2) is 0 Å². The third-order valence-electron chi connectivity index (χ3n) is 2.98. The van der Waals surface area contributed by atoms with Gasteiger partial charge in [-0.1, -0.05) is 47.7 Å². The van der Waals surface area contributed by atoms with Crippen LogP contribution in [0.4, 0.5) is 21.4 Å². The Morgan fingerprint density at radius 1 is 0.818 bits per heavy atom. The van der Waals surface area contributed by atoms with Crippen LogP contribution in [-0.4, -0.2) is 6.41 Å². The van der Waals surface area contributed by atoms with E-state index in [2.05, 4.69) is 10.2 Å². The summed E-state index contributed by atoms with van der Waals surface area (Å²) in [6.45, 7) is 0. The number of hydrogen-bond acceptors (Lipinski definition) is 4. The maximum Gasteiger partial charge on any atom is 0.219 e. The number of carbonyl (C=O) groups excluding carboxylic acids is 1. The number of carbonyl (C=O) groups is 1. The normalized spacial score (nSPS) is 10.7. The molecule has 0 saturated carbocycles. The molecule has 0 fully saturated rings. The zero-order chi connectivity index (χ0) is 15.2. The Bertz CT molecular complexity index is 769. The summed E-state index contributed by atoms with van der Waals surface area (Å²) in [7, 11) is 0. The van der Waals surface area contributed by atoms with Crippen molar-refractivity contribution in [2.75, 3.05) is 4.90 Å². The second-order valence-corrected chi connectivity index (χ2v) is 5.50. The molecule has 3 aromatic rings. The number of nitrogens with zero attached hydrogens (tertiary/aromatic N) is 3. The van der Waals surface area contributed by atoms with Gasteiger partial charge in [0.1, 0.15) is 10.0 Å². The van der Waals surface area contributed by atoms with Crippen molar-refractivity contribution in [2.45, 2.75) is 0 Å². The quantitative estimate of drug-likeness (QED) is 0.456. The number of amides is 1. The van der Waals surface area contributed by atoms with Gasteiger partial charge in [0, 0.05) is 5.69 Å². The van der Waals surface area contributed by atoms with E-state index < -0.39 is 0 Å². The van der Waals surface area contributed by atoms with Crippen LogP contribution in [0.15, 0.2) is 83.0 Å². The van der Waals surface area contributed by atoms with Crippen LogP contribution < -0.4 is 4.90 Å². The van der Waals surface area contributed by atoms with Crippen molar-refractivity contribution in [3.05, 3.63) is 72.8 Å². The van der Waals surface area contributed by atoms with Crippen LogP contribution in [0, 0.1) is 0 Å². The lowest BCUT2D eigenvalue weighted by Crippen LogP contribution is -2.11. The number of azo groups is 1. The lowest BCUT2D eigenvalue weighted by molar-refractivity contribution is -0.106. The SMILES string of the molecule is O=CN(c1ccccc1)c1ccc(N=Nc2ccccc2)s1. The van der Waals surface area contributed by atoms with Crippen LogP contribution in [0.2, 0.25) is 0 Å². The van der Waals surface area contributed by atoms with E-state index in [0.717, 1.165) is 27.8 Å². The van der Waals surface area contributed by atoms with E-state index >= 15 is 0 Å². The predicted octanol–water partition coefficient (Wildman–Crippen LogP) is 5.46. The largest absolute Gasteiger partial charge is 0.278 e. The van der Waals surface area contributed by atoms with Crippen molar-refractivity contribution in [3.8, 4) is 0 Å². The topological polar surface area (TPSA) is 45.0 Å². The average molecular weight is 307 g/mol. The first-order chi connectivity index (χ1) is 10.9. The van der Waals surface area contributed by atoms with Crippen molar-refractivity contribution in [1.29, 1.82) is 0 Å². The molecule has 0 aliphatic rings. The smallest absolute Gasteiger partial charge is 0.219 e. The molecule has 0 radical (unpaired) electrons. The van der Waals surface area contributed by atoms with Crippen LogP contribution in [-0.2, 0) is 4.79 Å². The first kappa shape index (κ1) is 14.2. The van der Waals surface area contributed by atoms with E-state index in [4.69, 9.17) is 0 Å². The summed E-state index contributed by atoms with van der Waals surface area (Å²) in [5.41, 5.74) is 1.62. The molecule has 0 spiro atoms. The van der Waals surface area contributed by atoms with Crippen molar-refractivity contribution >= 4 is 39.1 Å². The molecular weight excluding hydrogens is 294 g/mol. The van der Waals surface area contributed by atoms with Crippen LogP contribution in [0.3, 0.4) is 0 Å². The molecule has 1 heterocycles. The number of benzene rings is 2. The molecule has 2 aromatic carbocycles. The van der Waals surface area contributed by atoms with Crippen LogP contribution in [0.5, 0.6) is 0 Å². The standard InChI is InChI=1S/C17H13N3OS/c21-13-20(15-9-5-2-6-10-15)17-12-11-16(22-17)19-18-14-7-3-1-4-8-14/h1-13H. The van der Waals surface area contributed by atoms with Gasteiger partial charge >= 0.3 is 0 Å². The van der Waals surface area contributed by atoms with E-state index in [1.54, 1.807) is 4.90 Å². The minimum absolute atomic E-state index is 0.752. The molecule has 4 nitrogen and oxygen atoms in total. The zero-order valence-corrected chi connectivity index (χ0v) is 12.5. The van der Waals surface area contributed by atoms with Gasteiger partial charge in [0.25, 0.3) is 0 Å². The van der Waals surface area contributed by atoms with Gasteiger partial charge in [-0.3, -0.25) is 9.69 Å². The summed E-state index contributed by atoms with van der Waals surface area (Å²) >= 11 is 1.41. The van der Waals surface area contributed by atoms with E-state index in [1.807, 2.05) is 72.8 Å². The second kappa shape index (κ2) is 6.78. The monoisotopic (exact) mass is 307 g/mol. The fourth-order valence-electron chi connectivity index (χ4n) is 1.93. The Morgan fingerprint density at radius 3 is 2.18 bits per heavy atom. The summed E-state index contributed by atoms with van der Waals surface area (Å²) in [6.07, 6.45) is 0.805. The third-order valence-corrected chi connectivity index (χ3v) is 3.94. The highest BCUT2D eigenvalue weighted by molar-refractivity contribution is 7.19. The maximum atomic E-state index is 11.4. The van der Waals surface area contributed by atoms with Crippen molar-refractivity contribution in [2.24, 2.45) is 10.2 Å². The van der Waals surface area contributed by atoms with Gasteiger partial charge in [-0.05, 0) is 36.4 Å². The van der Waals surface area contributed by atoms with Gasteiger partial charge in [0.2, 0.25) is 6.41 Å².